The largest absolute Gasteiger partial charge is 0.508 e. The van der Waals surface area contributed by atoms with Crippen molar-refractivity contribution in [2.75, 3.05) is 19.1 Å². The van der Waals surface area contributed by atoms with Gasteiger partial charge in [-0.15, -0.1) is 0 Å². The van der Waals surface area contributed by atoms with Crippen molar-refractivity contribution in [1.29, 1.82) is 0 Å². The first-order valence-corrected chi connectivity index (χ1v) is 10.8. The molecule has 0 saturated heterocycles. The van der Waals surface area contributed by atoms with Crippen LogP contribution in [0, 0.1) is 5.82 Å². The number of rotatable bonds is 6. The molecule has 0 radical (unpaired) electrons. The van der Waals surface area contributed by atoms with Crippen LogP contribution in [0.4, 0.5) is 10.1 Å². The molecule has 168 valence electrons. The summed E-state index contributed by atoms with van der Waals surface area (Å²) >= 11 is 1.27. The number of hydrogen-bond acceptors (Lipinski definition) is 6. The van der Waals surface area contributed by atoms with Gasteiger partial charge in [0.05, 0.1) is 12.0 Å². The van der Waals surface area contributed by atoms with E-state index >= 15 is 0 Å². The number of ether oxygens (including phenoxy) is 2. The number of thioether (sulfide) groups is 1. The quantitative estimate of drug-likeness (QED) is 0.504. The number of hydrogen-bond donors (Lipinski definition) is 1. The molecule has 0 saturated carbocycles. The molecule has 3 aromatic rings. The molecule has 3 aromatic carbocycles. The van der Waals surface area contributed by atoms with Crippen molar-refractivity contribution >= 4 is 34.6 Å². The molecule has 8 heteroatoms. The first-order valence-electron chi connectivity index (χ1n) is 10.0. The highest BCUT2D eigenvalue weighted by atomic mass is 32.2. The summed E-state index contributed by atoms with van der Waals surface area (Å²) in [4.78, 5) is 18.9. The maximum absolute atomic E-state index is 13.1. The third kappa shape index (κ3) is 5.35. The number of amidine groups is 1. The molecule has 0 aromatic heterocycles. The van der Waals surface area contributed by atoms with E-state index in [2.05, 4.69) is 4.99 Å². The van der Waals surface area contributed by atoms with Crippen LogP contribution in [-0.2, 0) is 11.4 Å². The van der Waals surface area contributed by atoms with E-state index in [1.54, 1.807) is 66.6 Å². The van der Waals surface area contributed by atoms with Crippen LogP contribution < -0.4 is 14.4 Å². The number of aromatic hydroxyl groups is 1. The summed E-state index contributed by atoms with van der Waals surface area (Å²) in [6, 6.07) is 18.1. The molecule has 0 bridgehead atoms. The van der Waals surface area contributed by atoms with E-state index in [1.165, 1.54) is 23.9 Å². The van der Waals surface area contributed by atoms with Crippen LogP contribution in [-0.4, -0.2) is 30.3 Å². The summed E-state index contributed by atoms with van der Waals surface area (Å²) < 4.78 is 24.3. The Labute approximate surface area is 195 Å². The minimum Gasteiger partial charge on any atom is -0.508 e. The molecule has 0 spiro atoms. The topological polar surface area (TPSA) is 71.4 Å². The fourth-order valence-corrected chi connectivity index (χ4v) is 4.01. The van der Waals surface area contributed by atoms with E-state index in [4.69, 9.17) is 9.47 Å². The van der Waals surface area contributed by atoms with Crippen molar-refractivity contribution in [3.05, 3.63) is 88.6 Å². The normalized spacial score (nSPS) is 14.3. The number of methoxy groups -OCH3 is 1. The van der Waals surface area contributed by atoms with E-state index in [1.807, 2.05) is 13.1 Å². The van der Waals surface area contributed by atoms with Crippen LogP contribution in [0.3, 0.4) is 0 Å². The van der Waals surface area contributed by atoms with Gasteiger partial charge < -0.3 is 19.5 Å². The molecule has 6 nitrogen and oxygen atoms in total. The van der Waals surface area contributed by atoms with Crippen molar-refractivity contribution in [3.63, 3.8) is 0 Å². The van der Waals surface area contributed by atoms with Gasteiger partial charge in [0, 0.05) is 12.7 Å². The number of nitrogens with zero attached hydrogens (tertiary/aromatic N) is 2. The lowest BCUT2D eigenvalue weighted by Crippen LogP contribution is -2.21. The van der Waals surface area contributed by atoms with Crippen molar-refractivity contribution in [2.45, 2.75) is 6.61 Å². The van der Waals surface area contributed by atoms with E-state index in [-0.39, 0.29) is 24.1 Å². The number of phenols is 1. The molecule has 0 fully saturated rings. The van der Waals surface area contributed by atoms with Gasteiger partial charge in [-0.25, -0.2) is 4.39 Å². The number of carbonyl (C=O) groups excluding carboxylic acids is 1. The van der Waals surface area contributed by atoms with Gasteiger partial charge in [-0.3, -0.25) is 4.79 Å². The molecule has 0 atom stereocenters. The fraction of sp³-hybridized carbons (Fsp3) is 0.120. The Hall–Kier alpha value is -3.78. The maximum atomic E-state index is 13.1. The zero-order valence-corrected chi connectivity index (χ0v) is 18.8. The molecule has 33 heavy (non-hydrogen) atoms. The van der Waals surface area contributed by atoms with Gasteiger partial charge in [-0.1, -0.05) is 18.2 Å². The number of halogens is 1. The Kier molecular flexibility index (Phi) is 6.65. The van der Waals surface area contributed by atoms with Crippen LogP contribution in [0.2, 0.25) is 0 Å². The van der Waals surface area contributed by atoms with Gasteiger partial charge in [0.25, 0.3) is 5.91 Å². The first-order chi connectivity index (χ1) is 15.9. The lowest BCUT2D eigenvalue weighted by atomic mass is 10.2. The van der Waals surface area contributed by atoms with Gasteiger partial charge in [0.2, 0.25) is 0 Å². The highest BCUT2D eigenvalue weighted by Gasteiger charge is 2.25. The molecule has 4 rings (SSSR count). The summed E-state index contributed by atoms with van der Waals surface area (Å²) in [5, 5.41) is 10.0. The SMILES string of the molecule is COc1cc(/C=C2\SC(N(C)c3ccc(O)cc3)=NC2=O)ccc1OCc1ccc(F)cc1. The zero-order valence-electron chi connectivity index (χ0n) is 18.0. The van der Waals surface area contributed by atoms with Crippen LogP contribution in [0.1, 0.15) is 11.1 Å². The molecule has 0 unspecified atom stereocenters. The monoisotopic (exact) mass is 464 g/mol. The van der Waals surface area contributed by atoms with Crippen LogP contribution in [0.15, 0.2) is 76.6 Å². The standard InChI is InChI=1S/C25H21FN2O4S/c1-28(19-8-10-20(29)11-9-19)25-27-24(30)23(33-25)14-17-5-12-21(22(13-17)31-2)32-15-16-3-6-18(26)7-4-16/h3-14,29H,15H2,1-2H3/b23-14-. The molecule has 1 aliphatic heterocycles. The van der Waals surface area contributed by atoms with Gasteiger partial charge >= 0.3 is 0 Å². The van der Waals surface area contributed by atoms with Gasteiger partial charge in [-0.05, 0) is 77.5 Å². The van der Waals surface area contributed by atoms with Crippen molar-refractivity contribution in [1.82, 2.24) is 0 Å². The predicted octanol–water partition coefficient (Wildman–Crippen LogP) is 5.23. The minimum atomic E-state index is -0.323. The average molecular weight is 465 g/mol. The number of phenolic OH excluding ortho intramolecular Hbond substituents is 1. The first kappa shape index (κ1) is 22.4. The zero-order chi connectivity index (χ0) is 23.4. The second kappa shape index (κ2) is 9.79. The number of amides is 1. The number of benzene rings is 3. The molecule has 0 aliphatic carbocycles. The van der Waals surface area contributed by atoms with Crippen molar-refractivity contribution in [3.8, 4) is 17.2 Å². The summed E-state index contributed by atoms with van der Waals surface area (Å²) in [5.41, 5.74) is 2.40. The molecule has 1 amide bonds. The Morgan fingerprint density at radius 2 is 1.79 bits per heavy atom. The highest BCUT2D eigenvalue weighted by molar-refractivity contribution is 8.18. The maximum Gasteiger partial charge on any atom is 0.286 e. The molecule has 1 heterocycles. The predicted molar refractivity (Wildman–Crippen MR) is 128 cm³/mol. The molecule has 1 aliphatic rings. The Morgan fingerprint density at radius 3 is 2.48 bits per heavy atom. The molecular weight excluding hydrogens is 443 g/mol. The fourth-order valence-electron chi connectivity index (χ4n) is 3.11. The highest BCUT2D eigenvalue weighted by Crippen LogP contribution is 2.34. The lowest BCUT2D eigenvalue weighted by Gasteiger charge is -2.17. The Balaban J connectivity index is 1.46. The second-order valence-corrected chi connectivity index (χ2v) is 8.22. The third-order valence-corrected chi connectivity index (χ3v) is 5.99. The molecule has 1 N–H and O–H groups in total. The lowest BCUT2D eigenvalue weighted by molar-refractivity contribution is -0.113. The third-order valence-electron chi connectivity index (χ3n) is 4.93. The van der Waals surface area contributed by atoms with Crippen LogP contribution >= 0.6 is 11.8 Å². The van der Waals surface area contributed by atoms with Crippen molar-refractivity contribution < 1.29 is 23.8 Å². The van der Waals surface area contributed by atoms with Crippen LogP contribution in [0.25, 0.3) is 6.08 Å². The smallest absolute Gasteiger partial charge is 0.286 e. The second-order valence-electron chi connectivity index (χ2n) is 7.21. The summed E-state index contributed by atoms with van der Waals surface area (Å²) in [7, 11) is 3.35. The summed E-state index contributed by atoms with van der Waals surface area (Å²) in [6.45, 7) is 0.270. The van der Waals surface area contributed by atoms with E-state index in [0.717, 1.165) is 16.8 Å². The summed E-state index contributed by atoms with van der Waals surface area (Å²) in [6.07, 6.45) is 1.75. The van der Waals surface area contributed by atoms with E-state index in [9.17, 15) is 14.3 Å². The minimum absolute atomic E-state index is 0.170. The van der Waals surface area contributed by atoms with Crippen LogP contribution in [0.5, 0.6) is 17.2 Å². The number of aliphatic imine (C=N–C) groups is 1. The van der Waals surface area contributed by atoms with E-state index < -0.39 is 0 Å². The molecular formula is C25H21FN2O4S. The Morgan fingerprint density at radius 1 is 1.06 bits per heavy atom. The summed E-state index contributed by atoms with van der Waals surface area (Å²) in [5.74, 6) is 0.609. The van der Waals surface area contributed by atoms with Gasteiger partial charge in [0.15, 0.2) is 16.7 Å². The van der Waals surface area contributed by atoms with Crippen molar-refractivity contribution in [2.24, 2.45) is 4.99 Å². The number of anilines is 1. The average Bonchev–Trinajstić information content (AvgIpc) is 3.19. The van der Waals surface area contributed by atoms with Gasteiger partial charge in [-0.2, -0.15) is 4.99 Å². The Bertz CT molecular complexity index is 1220. The van der Waals surface area contributed by atoms with Gasteiger partial charge in [0.1, 0.15) is 18.2 Å². The number of carbonyl (C=O) groups is 1. The van der Waals surface area contributed by atoms with E-state index in [0.29, 0.717) is 21.6 Å².